The molecule has 0 bridgehead atoms. The third-order valence-corrected chi connectivity index (χ3v) is 4.90. The van der Waals surface area contributed by atoms with Gasteiger partial charge in [0.25, 0.3) is 5.91 Å². The summed E-state index contributed by atoms with van der Waals surface area (Å²) in [5, 5.41) is 2.67. The Balaban J connectivity index is 1.57. The highest BCUT2D eigenvalue weighted by atomic mass is 16.6. The molecule has 0 saturated carbocycles. The van der Waals surface area contributed by atoms with E-state index in [0.717, 1.165) is 0 Å². The number of rotatable bonds is 1. The van der Waals surface area contributed by atoms with Crippen LogP contribution >= 0.6 is 0 Å². The van der Waals surface area contributed by atoms with E-state index in [2.05, 4.69) is 10.3 Å². The predicted molar refractivity (Wildman–Crippen MR) is 113 cm³/mol. The molecule has 0 atom stereocenters. The van der Waals surface area contributed by atoms with Crippen molar-refractivity contribution in [3.63, 3.8) is 0 Å². The standard InChI is InChI=1S/C21H26N4O7/c1-24-14-22-20-19(24)21(27)25(13-18(26)23-20)15-2-3-16-17(12-15)32-11-9-30-7-5-28-4-6-29-8-10-31-16/h2-3,12,14H,4-11,13H2,1H3,(H,23,26). The Morgan fingerprint density at radius 2 is 1.50 bits per heavy atom. The van der Waals surface area contributed by atoms with Gasteiger partial charge in [0.2, 0.25) is 5.91 Å². The summed E-state index contributed by atoms with van der Waals surface area (Å²) in [4.78, 5) is 31.0. The zero-order chi connectivity index (χ0) is 22.3. The van der Waals surface area contributed by atoms with E-state index in [4.69, 9.17) is 23.7 Å². The van der Waals surface area contributed by atoms with Gasteiger partial charge in [-0.3, -0.25) is 14.5 Å². The van der Waals surface area contributed by atoms with Crippen LogP contribution in [0.15, 0.2) is 24.5 Å². The Labute approximate surface area is 185 Å². The normalized spacial score (nSPS) is 18.7. The number of hydrogen-bond donors (Lipinski definition) is 1. The summed E-state index contributed by atoms with van der Waals surface area (Å²) in [6.45, 7) is 3.14. The molecule has 0 aliphatic carbocycles. The summed E-state index contributed by atoms with van der Waals surface area (Å²) in [7, 11) is 1.70. The van der Waals surface area contributed by atoms with Crippen LogP contribution in [0.1, 0.15) is 10.5 Å². The van der Waals surface area contributed by atoms with E-state index in [0.29, 0.717) is 69.1 Å². The third kappa shape index (κ3) is 5.18. The molecule has 32 heavy (non-hydrogen) atoms. The number of nitrogens with one attached hydrogen (secondary N) is 1. The lowest BCUT2D eigenvalue weighted by molar-refractivity contribution is -0.114. The average molecular weight is 446 g/mol. The van der Waals surface area contributed by atoms with E-state index in [1.54, 1.807) is 29.8 Å². The first-order valence-corrected chi connectivity index (χ1v) is 10.4. The largest absolute Gasteiger partial charge is 0.487 e. The van der Waals surface area contributed by atoms with Crippen molar-refractivity contribution in [1.82, 2.24) is 9.55 Å². The summed E-state index contributed by atoms with van der Waals surface area (Å²) in [5.41, 5.74) is 0.807. The molecule has 3 heterocycles. The minimum atomic E-state index is -0.340. The number of carbonyl (C=O) groups is 2. The second kappa shape index (κ2) is 10.4. The maximum atomic E-state index is 13.2. The third-order valence-electron chi connectivity index (χ3n) is 4.90. The summed E-state index contributed by atoms with van der Waals surface area (Å²) in [5.74, 6) is 0.529. The Hall–Kier alpha value is -3.15. The molecule has 2 aromatic rings. The van der Waals surface area contributed by atoms with Crippen molar-refractivity contribution in [3.05, 3.63) is 30.2 Å². The molecule has 2 aliphatic rings. The summed E-state index contributed by atoms with van der Waals surface area (Å²) >= 11 is 0. The second-order valence-corrected chi connectivity index (χ2v) is 7.16. The summed E-state index contributed by atoms with van der Waals surface area (Å²) < 4.78 is 29.7. The molecule has 11 heteroatoms. The minimum Gasteiger partial charge on any atom is -0.487 e. The molecule has 0 fully saturated rings. The van der Waals surface area contributed by atoms with Gasteiger partial charge in [-0.2, -0.15) is 0 Å². The van der Waals surface area contributed by atoms with Gasteiger partial charge in [0, 0.05) is 18.8 Å². The lowest BCUT2D eigenvalue weighted by Gasteiger charge is -2.22. The highest BCUT2D eigenvalue weighted by Crippen LogP contribution is 2.34. The number of benzene rings is 1. The first kappa shape index (κ1) is 22.1. The highest BCUT2D eigenvalue weighted by Gasteiger charge is 2.31. The molecule has 1 aromatic carbocycles. The monoisotopic (exact) mass is 446 g/mol. The molecule has 2 aliphatic heterocycles. The first-order valence-electron chi connectivity index (χ1n) is 10.4. The zero-order valence-electron chi connectivity index (χ0n) is 17.9. The smallest absolute Gasteiger partial charge is 0.279 e. The molecule has 2 amide bonds. The highest BCUT2D eigenvalue weighted by molar-refractivity contribution is 6.15. The van der Waals surface area contributed by atoms with Crippen LogP contribution in [0, 0.1) is 0 Å². The summed E-state index contributed by atoms with van der Waals surface area (Å²) in [6.07, 6.45) is 1.49. The SMILES string of the molecule is Cn1cnc2c1C(=O)N(c1ccc3c(c1)OCCOCCOCCOCCO3)CC(=O)N2. The van der Waals surface area contributed by atoms with Crippen LogP contribution in [0.2, 0.25) is 0 Å². The molecule has 1 N–H and O–H groups in total. The number of fused-ring (bicyclic) bond motifs is 2. The van der Waals surface area contributed by atoms with Crippen molar-refractivity contribution in [2.45, 2.75) is 0 Å². The fraction of sp³-hybridized carbons (Fsp3) is 0.476. The number of amides is 2. The quantitative estimate of drug-likeness (QED) is 0.686. The van der Waals surface area contributed by atoms with Crippen molar-refractivity contribution < 1.29 is 33.3 Å². The number of anilines is 2. The van der Waals surface area contributed by atoms with Crippen LogP contribution in [0.3, 0.4) is 0 Å². The number of ether oxygens (including phenoxy) is 5. The Bertz CT molecular complexity index is 962. The topological polar surface area (TPSA) is 113 Å². The van der Waals surface area contributed by atoms with Crippen molar-refractivity contribution >= 4 is 23.3 Å². The predicted octanol–water partition coefficient (Wildman–Crippen LogP) is 0.840. The zero-order valence-corrected chi connectivity index (χ0v) is 17.9. The van der Waals surface area contributed by atoms with Gasteiger partial charge >= 0.3 is 0 Å². The van der Waals surface area contributed by atoms with Gasteiger partial charge < -0.3 is 33.6 Å². The fourth-order valence-corrected chi connectivity index (χ4v) is 3.36. The van der Waals surface area contributed by atoms with E-state index in [9.17, 15) is 9.59 Å². The first-order chi connectivity index (χ1) is 15.6. The maximum absolute atomic E-state index is 13.2. The van der Waals surface area contributed by atoms with E-state index in [-0.39, 0.29) is 30.8 Å². The molecule has 0 unspecified atom stereocenters. The van der Waals surface area contributed by atoms with Gasteiger partial charge in [-0.15, -0.1) is 0 Å². The molecule has 0 spiro atoms. The van der Waals surface area contributed by atoms with Crippen LogP contribution in [0.5, 0.6) is 11.5 Å². The van der Waals surface area contributed by atoms with E-state index in [1.165, 1.54) is 11.2 Å². The maximum Gasteiger partial charge on any atom is 0.279 e. The van der Waals surface area contributed by atoms with Crippen molar-refractivity contribution in [2.24, 2.45) is 7.05 Å². The number of nitrogens with zero attached hydrogens (tertiary/aromatic N) is 3. The summed E-state index contributed by atoms with van der Waals surface area (Å²) in [6, 6.07) is 5.12. The van der Waals surface area contributed by atoms with Gasteiger partial charge in [0.15, 0.2) is 23.0 Å². The van der Waals surface area contributed by atoms with Gasteiger partial charge in [0.05, 0.1) is 46.0 Å². The molecule has 172 valence electrons. The molecular weight excluding hydrogens is 420 g/mol. The Morgan fingerprint density at radius 1 is 0.875 bits per heavy atom. The second-order valence-electron chi connectivity index (χ2n) is 7.16. The molecule has 0 saturated heterocycles. The van der Waals surface area contributed by atoms with Gasteiger partial charge in [-0.1, -0.05) is 0 Å². The number of aromatic nitrogens is 2. The van der Waals surface area contributed by atoms with E-state index in [1.807, 2.05) is 0 Å². The van der Waals surface area contributed by atoms with Crippen LogP contribution < -0.4 is 19.7 Å². The Kier molecular flexibility index (Phi) is 7.20. The fourth-order valence-electron chi connectivity index (χ4n) is 3.36. The molecule has 4 rings (SSSR count). The van der Waals surface area contributed by atoms with Crippen molar-refractivity contribution in [1.29, 1.82) is 0 Å². The van der Waals surface area contributed by atoms with E-state index < -0.39 is 0 Å². The van der Waals surface area contributed by atoms with Crippen LogP contribution in [0.25, 0.3) is 0 Å². The van der Waals surface area contributed by atoms with Crippen LogP contribution in [-0.2, 0) is 26.1 Å². The molecule has 11 nitrogen and oxygen atoms in total. The molecule has 1 aromatic heterocycles. The lowest BCUT2D eigenvalue weighted by atomic mass is 10.2. The van der Waals surface area contributed by atoms with Crippen molar-refractivity contribution in [2.75, 3.05) is 69.6 Å². The number of hydrogen-bond acceptors (Lipinski definition) is 8. The molecule has 0 radical (unpaired) electrons. The lowest BCUT2D eigenvalue weighted by Crippen LogP contribution is -2.35. The van der Waals surface area contributed by atoms with Crippen LogP contribution in [-0.4, -0.2) is 80.8 Å². The minimum absolute atomic E-state index is 0.147. The van der Waals surface area contributed by atoms with E-state index >= 15 is 0 Å². The van der Waals surface area contributed by atoms with Gasteiger partial charge in [-0.25, -0.2) is 4.98 Å². The number of aryl methyl sites for hydroxylation is 1. The van der Waals surface area contributed by atoms with Crippen LogP contribution in [0.4, 0.5) is 11.5 Å². The average Bonchev–Trinajstić information content (AvgIpc) is 3.07. The van der Waals surface area contributed by atoms with Crippen molar-refractivity contribution in [3.8, 4) is 11.5 Å². The number of imidazole rings is 1. The van der Waals surface area contributed by atoms with Gasteiger partial charge in [0.1, 0.15) is 19.8 Å². The molecular formula is C21H26N4O7. The number of carbonyl (C=O) groups excluding carboxylic acids is 2. The Morgan fingerprint density at radius 3 is 2.19 bits per heavy atom. The van der Waals surface area contributed by atoms with Gasteiger partial charge in [-0.05, 0) is 12.1 Å².